The number of pyridine rings is 1. The zero-order chi connectivity index (χ0) is 14.8. The van der Waals surface area contributed by atoms with Gasteiger partial charge in [-0.3, -0.25) is 0 Å². The van der Waals surface area contributed by atoms with Gasteiger partial charge in [-0.05, 0) is 38.4 Å². The van der Waals surface area contributed by atoms with Crippen LogP contribution in [0.3, 0.4) is 0 Å². The predicted molar refractivity (Wildman–Crippen MR) is 82.4 cm³/mol. The highest BCUT2D eigenvalue weighted by Crippen LogP contribution is 2.24. The van der Waals surface area contributed by atoms with Crippen molar-refractivity contribution in [2.45, 2.75) is 32.4 Å². The SMILES string of the molecule is CC1CN(C)C(C)CC1Nc1ccc(-n2cncn2)nc1. The van der Waals surface area contributed by atoms with E-state index >= 15 is 0 Å². The summed E-state index contributed by atoms with van der Waals surface area (Å²) >= 11 is 0. The molecule has 0 amide bonds. The maximum atomic E-state index is 4.43. The summed E-state index contributed by atoms with van der Waals surface area (Å²) in [6.45, 7) is 5.72. The third-order valence-corrected chi connectivity index (χ3v) is 4.36. The minimum Gasteiger partial charge on any atom is -0.381 e. The molecule has 0 spiro atoms. The lowest BCUT2D eigenvalue weighted by atomic mass is 9.90. The lowest BCUT2D eigenvalue weighted by Crippen LogP contribution is -2.48. The van der Waals surface area contributed by atoms with Gasteiger partial charge >= 0.3 is 0 Å². The zero-order valence-corrected chi connectivity index (χ0v) is 12.8. The molecule has 3 heterocycles. The molecule has 6 nitrogen and oxygen atoms in total. The fourth-order valence-corrected chi connectivity index (χ4v) is 2.89. The van der Waals surface area contributed by atoms with Crippen molar-refractivity contribution in [2.24, 2.45) is 5.92 Å². The van der Waals surface area contributed by atoms with Gasteiger partial charge in [0.1, 0.15) is 12.7 Å². The predicted octanol–water partition coefficient (Wildman–Crippen LogP) is 1.80. The minimum absolute atomic E-state index is 0.496. The van der Waals surface area contributed by atoms with Gasteiger partial charge in [0.2, 0.25) is 0 Å². The lowest BCUT2D eigenvalue weighted by molar-refractivity contribution is 0.145. The summed E-state index contributed by atoms with van der Waals surface area (Å²) in [6.07, 6.45) is 6.18. The molecule has 1 N–H and O–H groups in total. The molecule has 21 heavy (non-hydrogen) atoms. The van der Waals surface area contributed by atoms with Gasteiger partial charge in [-0.25, -0.2) is 14.6 Å². The maximum Gasteiger partial charge on any atom is 0.155 e. The highest BCUT2D eigenvalue weighted by molar-refractivity contribution is 5.44. The number of piperidine rings is 1. The Morgan fingerprint density at radius 1 is 1.29 bits per heavy atom. The molecular weight excluding hydrogens is 264 g/mol. The van der Waals surface area contributed by atoms with Gasteiger partial charge in [0.05, 0.1) is 11.9 Å². The molecule has 3 unspecified atom stereocenters. The topological polar surface area (TPSA) is 58.9 Å². The first-order chi connectivity index (χ1) is 10.1. The van der Waals surface area contributed by atoms with E-state index in [1.165, 1.54) is 6.33 Å². The fraction of sp³-hybridized carbons (Fsp3) is 0.533. The van der Waals surface area contributed by atoms with Crippen LogP contribution in [0.1, 0.15) is 20.3 Å². The van der Waals surface area contributed by atoms with Gasteiger partial charge in [0.25, 0.3) is 0 Å². The van der Waals surface area contributed by atoms with E-state index in [4.69, 9.17) is 0 Å². The first kappa shape index (κ1) is 14.0. The third-order valence-electron chi connectivity index (χ3n) is 4.36. The minimum atomic E-state index is 0.496. The summed E-state index contributed by atoms with van der Waals surface area (Å²) in [5, 5.41) is 7.70. The normalized spacial score (nSPS) is 26.7. The molecule has 0 bridgehead atoms. The van der Waals surface area contributed by atoms with E-state index in [9.17, 15) is 0 Å². The largest absolute Gasteiger partial charge is 0.381 e. The van der Waals surface area contributed by atoms with Crippen molar-refractivity contribution in [1.29, 1.82) is 0 Å². The quantitative estimate of drug-likeness (QED) is 0.932. The van der Waals surface area contributed by atoms with Crippen LogP contribution in [0, 0.1) is 5.92 Å². The Morgan fingerprint density at radius 3 is 2.81 bits per heavy atom. The Kier molecular flexibility index (Phi) is 3.88. The Bertz CT molecular complexity index is 564. The number of hydrogen-bond acceptors (Lipinski definition) is 5. The molecule has 0 radical (unpaired) electrons. The first-order valence-electron chi connectivity index (χ1n) is 7.41. The molecule has 2 aromatic rings. The van der Waals surface area contributed by atoms with Crippen LogP contribution < -0.4 is 5.32 Å². The van der Waals surface area contributed by atoms with E-state index in [2.05, 4.69) is 52.2 Å². The van der Waals surface area contributed by atoms with Crippen molar-refractivity contribution in [3.63, 3.8) is 0 Å². The molecule has 1 aliphatic rings. The molecule has 1 aliphatic heterocycles. The van der Waals surface area contributed by atoms with Crippen LogP contribution >= 0.6 is 0 Å². The Labute approximate surface area is 125 Å². The molecule has 1 saturated heterocycles. The summed E-state index contributed by atoms with van der Waals surface area (Å²) in [4.78, 5) is 10.8. The zero-order valence-electron chi connectivity index (χ0n) is 12.8. The van der Waals surface area contributed by atoms with E-state index < -0.39 is 0 Å². The molecule has 1 fully saturated rings. The lowest BCUT2D eigenvalue weighted by Gasteiger charge is -2.40. The van der Waals surface area contributed by atoms with E-state index in [1.54, 1.807) is 11.0 Å². The maximum absolute atomic E-state index is 4.43. The average Bonchev–Trinajstić information content (AvgIpc) is 3.00. The van der Waals surface area contributed by atoms with Crippen molar-refractivity contribution in [3.05, 3.63) is 31.0 Å². The van der Waals surface area contributed by atoms with Gasteiger partial charge in [0.15, 0.2) is 5.82 Å². The second-order valence-electron chi connectivity index (χ2n) is 6.00. The van der Waals surface area contributed by atoms with Gasteiger partial charge < -0.3 is 10.2 Å². The van der Waals surface area contributed by atoms with Crippen molar-refractivity contribution >= 4 is 5.69 Å². The number of hydrogen-bond donors (Lipinski definition) is 1. The van der Waals surface area contributed by atoms with Crippen LogP contribution in [0.5, 0.6) is 0 Å². The van der Waals surface area contributed by atoms with Crippen molar-refractivity contribution in [1.82, 2.24) is 24.6 Å². The van der Waals surface area contributed by atoms with Crippen LogP contribution in [0.4, 0.5) is 5.69 Å². The standard InChI is InChI=1S/C15H22N6/c1-11-8-20(3)12(2)6-14(11)19-13-4-5-15(17-7-13)21-10-16-9-18-21/h4-5,7,9-12,14,19H,6,8H2,1-3H3. The van der Waals surface area contributed by atoms with Gasteiger partial charge in [0, 0.05) is 18.6 Å². The van der Waals surface area contributed by atoms with Gasteiger partial charge in [-0.15, -0.1) is 0 Å². The van der Waals surface area contributed by atoms with E-state index in [1.807, 2.05) is 12.3 Å². The molecule has 2 aromatic heterocycles. The summed E-state index contributed by atoms with van der Waals surface area (Å²) < 4.78 is 1.66. The first-order valence-corrected chi connectivity index (χ1v) is 7.41. The molecular formula is C15H22N6. The van der Waals surface area contributed by atoms with E-state index in [0.29, 0.717) is 18.0 Å². The number of anilines is 1. The Morgan fingerprint density at radius 2 is 2.14 bits per heavy atom. The number of nitrogens with zero attached hydrogens (tertiary/aromatic N) is 5. The molecule has 3 atom stereocenters. The Hall–Kier alpha value is -1.95. The summed E-state index contributed by atoms with van der Waals surface area (Å²) in [5.41, 5.74) is 1.06. The second-order valence-corrected chi connectivity index (χ2v) is 6.00. The highest BCUT2D eigenvalue weighted by atomic mass is 15.3. The second kappa shape index (κ2) is 5.81. The molecule has 0 aliphatic carbocycles. The molecule has 3 rings (SSSR count). The molecule has 0 aromatic carbocycles. The van der Waals surface area contributed by atoms with Crippen molar-refractivity contribution in [2.75, 3.05) is 18.9 Å². The smallest absolute Gasteiger partial charge is 0.155 e. The highest BCUT2D eigenvalue weighted by Gasteiger charge is 2.28. The van der Waals surface area contributed by atoms with Gasteiger partial charge in [-0.2, -0.15) is 5.10 Å². The monoisotopic (exact) mass is 286 g/mol. The van der Waals surface area contributed by atoms with E-state index in [-0.39, 0.29) is 0 Å². The summed E-state index contributed by atoms with van der Waals surface area (Å²) in [5.74, 6) is 1.41. The van der Waals surface area contributed by atoms with E-state index in [0.717, 1.165) is 24.5 Å². The number of likely N-dealkylation sites (tertiary alicyclic amines) is 1. The average molecular weight is 286 g/mol. The molecule has 6 heteroatoms. The van der Waals surface area contributed by atoms with Crippen LogP contribution in [0.15, 0.2) is 31.0 Å². The van der Waals surface area contributed by atoms with Crippen LogP contribution in [0.25, 0.3) is 5.82 Å². The van der Waals surface area contributed by atoms with Gasteiger partial charge in [-0.1, -0.05) is 6.92 Å². The molecule has 112 valence electrons. The molecule has 0 saturated carbocycles. The fourth-order valence-electron chi connectivity index (χ4n) is 2.89. The third kappa shape index (κ3) is 3.05. The number of aromatic nitrogens is 4. The number of rotatable bonds is 3. The van der Waals surface area contributed by atoms with Crippen molar-refractivity contribution in [3.8, 4) is 5.82 Å². The summed E-state index contributed by atoms with van der Waals surface area (Å²) in [6, 6.07) is 5.12. The van der Waals surface area contributed by atoms with Crippen LogP contribution in [-0.4, -0.2) is 50.3 Å². The van der Waals surface area contributed by atoms with Crippen LogP contribution in [0.2, 0.25) is 0 Å². The Balaban J connectivity index is 1.68. The number of nitrogens with one attached hydrogen (secondary N) is 1. The van der Waals surface area contributed by atoms with Crippen LogP contribution in [-0.2, 0) is 0 Å². The van der Waals surface area contributed by atoms with Crippen molar-refractivity contribution < 1.29 is 0 Å². The summed E-state index contributed by atoms with van der Waals surface area (Å²) in [7, 11) is 2.20.